The minimum atomic E-state index is -1.17. The Morgan fingerprint density at radius 2 is 2.09 bits per heavy atom. The molecule has 0 aliphatic heterocycles. The van der Waals surface area contributed by atoms with E-state index in [4.69, 9.17) is 5.11 Å². The average Bonchev–Trinajstić information content (AvgIpc) is 1.87. The van der Waals surface area contributed by atoms with Crippen LogP contribution < -0.4 is 0 Å². The molecule has 11 heavy (non-hydrogen) atoms. The summed E-state index contributed by atoms with van der Waals surface area (Å²) in [6.07, 6.45) is -0.190. The van der Waals surface area contributed by atoms with Gasteiger partial charge in [-0.15, -0.1) is 0 Å². The number of hydrogen-bond donors (Lipinski definition) is 1. The summed E-state index contributed by atoms with van der Waals surface area (Å²) in [5.41, 5.74) is 0. The maximum Gasteiger partial charge on any atom is 0.344 e. The first-order valence-corrected chi connectivity index (χ1v) is 2.63. The van der Waals surface area contributed by atoms with Crippen molar-refractivity contribution in [3.05, 3.63) is 12.7 Å². The molecule has 5 heteroatoms. The molecule has 4 nitrogen and oxygen atoms in total. The largest absolute Gasteiger partial charge is 0.479 e. The third-order valence-electron chi connectivity index (χ3n) is 0.807. The van der Waals surface area contributed by atoms with Crippen LogP contribution >= 0.6 is 0 Å². The Hall–Kier alpha value is -0.437. The molecule has 1 unspecified atom stereocenters. The molecule has 0 amide bonds. The van der Waals surface area contributed by atoms with Crippen LogP contribution in [0.1, 0.15) is 6.92 Å². The Labute approximate surface area is 83.4 Å². The van der Waals surface area contributed by atoms with E-state index in [1.807, 2.05) is 0 Å². The molecule has 0 aromatic rings. The van der Waals surface area contributed by atoms with Crippen molar-refractivity contribution >= 4 is 11.9 Å². The van der Waals surface area contributed by atoms with Gasteiger partial charge in [0.25, 0.3) is 0 Å². The number of carboxylic acid groups (broad SMARTS) is 1. The molecule has 0 saturated carbocycles. The van der Waals surface area contributed by atoms with Crippen LogP contribution in [0.25, 0.3) is 0 Å². The van der Waals surface area contributed by atoms with Gasteiger partial charge in [-0.05, 0) is 6.92 Å². The molecule has 0 bridgehead atoms. The smallest absolute Gasteiger partial charge is 0.344 e. The number of carbonyl (C=O) groups excluding carboxylic acids is 1. The standard InChI is InChI=1S/C6H8O4.Zr/c1-3-5(7)10-4(2)6(8)9;/h3-4H,1H2,2H3,(H,8,9);. The molecule has 0 fully saturated rings. The van der Waals surface area contributed by atoms with Gasteiger partial charge in [0.1, 0.15) is 0 Å². The second-order valence-corrected chi connectivity index (χ2v) is 1.62. The van der Waals surface area contributed by atoms with Crippen LogP contribution in [0.5, 0.6) is 0 Å². The van der Waals surface area contributed by atoms with Crippen LogP contribution in [0.2, 0.25) is 0 Å². The van der Waals surface area contributed by atoms with Crippen LogP contribution in [0.15, 0.2) is 12.7 Å². The van der Waals surface area contributed by atoms with E-state index in [9.17, 15) is 9.59 Å². The number of carbonyl (C=O) groups is 2. The molecule has 0 heterocycles. The van der Waals surface area contributed by atoms with E-state index in [1.165, 1.54) is 6.92 Å². The molecule has 1 N–H and O–H groups in total. The third kappa shape index (κ3) is 5.98. The fourth-order valence-electron chi connectivity index (χ4n) is 0.273. The summed E-state index contributed by atoms with van der Waals surface area (Å²) in [7, 11) is 0. The molecular formula is C6H8O4Zr. The maximum absolute atomic E-state index is 10.3. The zero-order valence-corrected chi connectivity index (χ0v) is 8.49. The van der Waals surface area contributed by atoms with Crippen LogP contribution in [-0.4, -0.2) is 23.1 Å². The minimum Gasteiger partial charge on any atom is -0.479 e. The fourth-order valence-corrected chi connectivity index (χ4v) is 0.273. The monoisotopic (exact) mass is 234 g/mol. The van der Waals surface area contributed by atoms with Crippen LogP contribution in [0.4, 0.5) is 0 Å². The Balaban J connectivity index is 0. The summed E-state index contributed by atoms with van der Waals surface area (Å²) in [5, 5.41) is 8.21. The van der Waals surface area contributed by atoms with Crippen molar-refractivity contribution in [2.24, 2.45) is 0 Å². The first-order chi connectivity index (χ1) is 4.57. The number of aliphatic carboxylic acids is 1. The zero-order chi connectivity index (χ0) is 8.15. The summed E-state index contributed by atoms with van der Waals surface area (Å²) < 4.78 is 4.30. The van der Waals surface area contributed by atoms with E-state index in [0.29, 0.717) is 0 Å². The Morgan fingerprint density at radius 1 is 1.64 bits per heavy atom. The number of rotatable bonds is 3. The second kappa shape index (κ2) is 6.28. The summed E-state index contributed by atoms with van der Waals surface area (Å²) in [6, 6.07) is 0. The van der Waals surface area contributed by atoms with Crippen LogP contribution in [-0.2, 0) is 40.5 Å². The van der Waals surface area contributed by atoms with Gasteiger partial charge in [-0.1, -0.05) is 6.58 Å². The van der Waals surface area contributed by atoms with Crippen molar-refractivity contribution in [1.29, 1.82) is 0 Å². The number of ether oxygens (including phenoxy) is 1. The van der Waals surface area contributed by atoms with Gasteiger partial charge in [-0.25, -0.2) is 9.59 Å². The number of carboxylic acids is 1. The number of hydrogen-bond acceptors (Lipinski definition) is 3. The van der Waals surface area contributed by atoms with Crippen molar-refractivity contribution < 1.29 is 45.6 Å². The van der Waals surface area contributed by atoms with Crippen molar-refractivity contribution in [2.75, 3.05) is 0 Å². The maximum atomic E-state index is 10.3. The van der Waals surface area contributed by atoms with Gasteiger partial charge in [0, 0.05) is 32.3 Å². The molecule has 1 atom stereocenters. The molecule has 0 saturated heterocycles. The van der Waals surface area contributed by atoms with Crippen molar-refractivity contribution in [3.8, 4) is 0 Å². The predicted octanol–water partition coefficient (Wildman–Crippen LogP) is 0.186. The number of esters is 1. The van der Waals surface area contributed by atoms with E-state index in [0.717, 1.165) is 6.08 Å². The van der Waals surface area contributed by atoms with Gasteiger partial charge in [0.15, 0.2) is 6.10 Å². The Bertz CT molecular complexity index is 166. The van der Waals surface area contributed by atoms with E-state index in [1.54, 1.807) is 0 Å². The van der Waals surface area contributed by atoms with Crippen molar-refractivity contribution in [2.45, 2.75) is 13.0 Å². The molecule has 60 valence electrons. The average molecular weight is 235 g/mol. The predicted molar refractivity (Wildman–Crippen MR) is 33.4 cm³/mol. The summed E-state index contributed by atoms with van der Waals surface area (Å²) in [5.74, 6) is -1.90. The molecule has 0 aromatic heterocycles. The SMILES string of the molecule is C=CC(=O)OC(C)C(=O)O.[Zr]. The zero-order valence-electron chi connectivity index (χ0n) is 6.03. The molecule has 0 radical (unpaired) electrons. The van der Waals surface area contributed by atoms with E-state index in [-0.39, 0.29) is 26.2 Å². The summed E-state index contributed by atoms with van der Waals surface area (Å²) in [4.78, 5) is 20.4. The summed E-state index contributed by atoms with van der Waals surface area (Å²) in [6.45, 7) is 4.37. The first-order valence-electron chi connectivity index (χ1n) is 2.63. The topological polar surface area (TPSA) is 63.6 Å². The molecule has 0 spiro atoms. The summed E-state index contributed by atoms with van der Waals surface area (Å²) >= 11 is 0. The van der Waals surface area contributed by atoms with E-state index >= 15 is 0 Å². The minimum absolute atomic E-state index is 0. The van der Waals surface area contributed by atoms with Crippen molar-refractivity contribution in [3.63, 3.8) is 0 Å². The normalized spacial score (nSPS) is 10.6. The van der Waals surface area contributed by atoms with Gasteiger partial charge in [-0.2, -0.15) is 0 Å². The molecule has 0 rings (SSSR count). The van der Waals surface area contributed by atoms with Crippen LogP contribution in [0.3, 0.4) is 0 Å². The van der Waals surface area contributed by atoms with Gasteiger partial charge in [0.05, 0.1) is 0 Å². The van der Waals surface area contributed by atoms with Gasteiger partial charge in [0.2, 0.25) is 0 Å². The quantitative estimate of drug-likeness (QED) is 0.560. The fraction of sp³-hybridized carbons (Fsp3) is 0.333. The molecule has 0 aromatic carbocycles. The molecular weight excluding hydrogens is 227 g/mol. The van der Waals surface area contributed by atoms with Crippen LogP contribution in [0, 0.1) is 0 Å². The Morgan fingerprint density at radius 3 is 2.36 bits per heavy atom. The van der Waals surface area contributed by atoms with Gasteiger partial charge >= 0.3 is 11.9 Å². The van der Waals surface area contributed by atoms with Crippen molar-refractivity contribution in [1.82, 2.24) is 0 Å². The first kappa shape index (κ1) is 13.2. The van der Waals surface area contributed by atoms with E-state index < -0.39 is 18.0 Å². The van der Waals surface area contributed by atoms with Gasteiger partial charge in [-0.3, -0.25) is 0 Å². The molecule has 0 aliphatic carbocycles. The van der Waals surface area contributed by atoms with Gasteiger partial charge < -0.3 is 9.84 Å². The van der Waals surface area contributed by atoms with E-state index in [2.05, 4.69) is 11.3 Å². The molecule has 0 aliphatic rings. The second-order valence-electron chi connectivity index (χ2n) is 1.62. The Kier molecular flexibility index (Phi) is 7.53. The third-order valence-corrected chi connectivity index (χ3v) is 0.807.